The molecule has 0 radical (unpaired) electrons. The van der Waals surface area contributed by atoms with E-state index in [1.54, 1.807) is 22.8 Å². The maximum Gasteiger partial charge on any atom is 0.129 e. The minimum absolute atomic E-state index is 0.0781. The van der Waals surface area contributed by atoms with E-state index in [0.717, 1.165) is 6.07 Å². The number of fused-ring (bicyclic) bond motifs is 1. The molecular weight excluding hydrogens is 296 g/mol. The molecular formula is C15H8ClF2N3. The first-order valence-electron chi connectivity index (χ1n) is 6.06. The SMILES string of the molecule is N#Cc1ccc2nc(CCl)n(-c3cc(F)cc(F)c3)c2c1. The first kappa shape index (κ1) is 13.5. The van der Waals surface area contributed by atoms with E-state index in [9.17, 15) is 8.78 Å². The summed E-state index contributed by atoms with van der Waals surface area (Å²) in [4.78, 5) is 4.32. The number of nitrogens with zero attached hydrogens (tertiary/aromatic N) is 3. The van der Waals surface area contributed by atoms with Crippen LogP contribution in [0.5, 0.6) is 0 Å². The van der Waals surface area contributed by atoms with Gasteiger partial charge in [0.25, 0.3) is 0 Å². The molecule has 0 aliphatic carbocycles. The lowest BCUT2D eigenvalue weighted by atomic mass is 10.2. The predicted molar refractivity (Wildman–Crippen MR) is 75.3 cm³/mol. The molecule has 0 amide bonds. The van der Waals surface area contributed by atoms with Crippen molar-refractivity contribution in [1.82, 2.24) is 9.55 Å². The molecule has 3 nitrogen and oxygen atoms in total. The van der Waals surface area contributed by atoms with Crippen LogP contribution in [0.4, 0.5) is 8.78 Å². The zero-order chi connectivity index (χ0) is 15.0. The van der Waals surface area contributed by atoms with Gasteiger partial charge >= 0.3 is 0 Å². The Balaban J connectivity index is 2.36. The van der Waals surface area contributed by atoms with Crippen molar-refractivity contribution in [2.45, 2.75) is 5.88 Å². The van der Waals surface area contributed by atoms with E-state index in [-0.39, 0.29) is 11.6 Å². The minimum atomic E-state index is -0.691. The second-order valence-corrected chi connectivity index (χ2v) is 4.71. The van der Waals surface area contributed by atoms with E-state index >= 15 is 0 Å². The highest BCUT2D eigenvalue weighted by Crippen LogP contribution is 2.24. The van der Waals surface area contributed by atoms with Gasteiger partial charge in [-0.1, -0.05) is 0 Å². The number of rotatable bonds is 2. The van der Waals surface area contributed by atoms with E-state index in [2.05, 4.69) is 4.98 Å². The summed E-state index contributed by atoms with van der Waals surface area (Å²) in [7, 11) is 0. The lowest BCUT2D eigenvalue weighted by Gasteiger charge is -2.08. The number of benzene rings is 2. The molecule has 1 heterocycles. The van der Waals surface area contributed by atoms with Gasteiger partial charge in [0.05, 0.1) is 34.2 Å². The molecule has 0 saturated carbocycles. The predicted octanol–water partition coefficient (Wildman–Crippen LogP) is 3.91. The molecule has 0 N–H and O–H groups in total. The first-order valence-corrected chi connectivity index (χ1v) is 6.60. The molecule has 0 spiro atoms. The molecule has 3 aromatic rings. The van der Waals surface area contributed by atoms with Crippen molar-refractivity contribution in [1.29, 1.82) is 5.26 Å². The fraction of sp³-hybridized carbons (Fsp3) is 0.0667. The molecule has 21 heavy (non-hydrogen) atoms. The smallest absolute Gasteiger partial charge is 0.129 e. The average Bonchev–Trinajstić information content (AvgIpc) is 2.83. The molecule has 104 valence electrons. The van der Waals surface area contributed by atoms with Crippen molar-refractivity contribution in [2.24, 2.45) is 0 Å². The highest BCUT2D eigenvalue weighted by atomic mass is 35.5. The number of hydrogen-bond donors (Lipinski definition) is 0. The van der Waals surface area contributed by atoms with Crippen molar-refractivity contribution in [2.75, 3.05) is 0 Å². The maximum absolute atomic E-state index is 13.4. The molecule has 0 bridgehead atoms. The number of halogens is 3. The summed E-state index contributed by atoms with van der Waals surface area (Å²) in [5.74, 6) is -0.853. The summed E-state index contributed by atoms with van der Waals surface area (Å²) in [6, 6.07) is 10.1. The molecule has 0 saturated heterocycles. The molecule has 6 heteroatoms. The maximum atomic E-state index is 13.4. The average molecular weight is 304 g/mol. The Hall–Kier alpha value is -2.45. The Labute approximate surface area is 124 Å². The van der Waals surface area contributed by atoms with Gasteiger partial charge < -0.3 is 0 Å². The van der Waals surface area contributed by atoms with Gasteiger partial charge in [0, 0.05) is 6.07 Å². The third kappa shape index (κ3) is 2.34. The molecule has 0 aliphatic heterocycles. The van der Waals surface area contributed by atoms with Gasteiger partial charge in [0.2, 0.25) is 0 Å². The number of aromatic nitrogens is 2. The number of imidazole rings is 1. The van der Waals surface area contributed by atoms with Crippen LogP contribution in [-0.2, 0) is 5.88 Å². The zero-order valence-corrected chi connectivity index (χ0v) is 11.4. The van der Waals surface area contributed by atoms with Crippen LogP contribution >= 0.6 is 11.6 Å². The van der Waals surface area contributed by atoms with E-state index in [1.165, 1.54) is 12.1 Å². The topological polar surface area (TPSA) is 41.6 Å². The Bertz CT molecular complexity index is 860. The highest BCUT2D eigenvalue weighted by Gasteiger charge is 2.14. The lowest BCUT2D eigenvalue weighted by molar-refractivity contribution is 0.581. The van der Waals surface area contributed by atoms with Crippen molar-refractivity contribution >= 4 is 22.6 Å². The molecule has 3 rings (SSSR count). The second-order valence-electron chi connectivity index (χ2n) is 4.44. The monoisotopic (exact) mass is 303 g/mol. The van der Waals surface area contributed by atoms with Crippen LogP contribution in [0.1, 0.15) is 11.4 Å². The zero-order valence-electron chi connectivity index (χ0n) is 10.6. The van der Waals surface area contributed by atoms with E-state index in [1.807, 2.05) is 6.07 Å². The summed E-state index contributed by atoms with van der Waals surface area (Å²) in [5, 5.41) is 8.99. The van der Waals surface area contributed by atoms with E-state index in [0.29, 0.717) is 22.4 Å². The van der Waals surface area contributed by atoms with Crippen LogP contribution in [0, 0.1) is 23.0 Å². The summed E-state index contributed by atoms with van der Waals surface area (Å²) < 4.78 is 28.4. The fourth-order valence-corrected chi connectivity index (χ4v) is 2.42. The lowest BCUT2D eigenvalue weighted by Crippen LogP contribution is -2.00. The van der Waals surface area contributed by atoms with Gasteiger partial charge in [0.15, 0.2) is 0 Å². The Morgan fingerprint density at radius 2 is 1.86 bits per heavy atom. The second kappa shape index (κ2) is 5.15. The molecule has 0 fully saturated rings. The Kier molecular flexibility index (Phi) is 3.32. The molecule has 0 unspecified atom stereocenters. The number of nitriles is 1. The van der Waals surface area contributed by atoms with Crippen molar-refractivity contribution < 1.29 is 8.78 Å². The van der Waals surface area contributed by atoms with Gasteiger partial charge in [-0.25, -0.2) is 13.8 Å². The fourth-order valence-electron chi connectivity index (χ4n) is 2.24. The third-order valence-corrected chi connectivity index (χ3v) is 3.32. The summed E-state index contributed by atoms with van der Waals surface area (Å²) in [6.45, 7) is 0. The summed E-state index contributed by atoms with van der Waals surface area (Å²) in [6.07, 6.45) is 0. The third-order valence-electron chi connectivity index (χ3n) is 3.08. The summed E-state index contributed by atoms with van der Waals surface area (Å²) >= 11 is 5.87. The minimum Gasteiger partial charge on any atom is -0.295 e. The van der Waals surface area contributed by atoms with Crippen molar-refractivity contribution in [3.63, 3.8) is 0 Å². The van der Waals surface area contributed by atoms with Crippen LogP contribution in [0.25, 0.3) is 16.7 Å². The van der Waals surface area contributed by atoms with Gasteiger partial charge in [-0.15, -0.1) is 11.6 Å². The van der Waals surface area contributed by atoms with Crippen LogP contribution in [0.2, 0.25) is 0 Å². The van der Waals surface area contributed by atoms with E-state index in [4.69, 9.17) is 16.9 Å². The van der Waals surface area contributed by atoms with Crippen LogP contribution in [0.15, 0.2) is 36.4 Å². The highest BCUT2D eigenvalue weighted by molar-refractivity contribution is 6.17. The number of hydrogen-bond acceptors (Lipinski definition) is 2. The van der Waals surface area contributed by atoms with Gasteiger partial charge in [-0.2, -0.15) is 5.26 Å². The van der Waals surface area contributed by atoms with Gasteiger partial charge in [0.1, 0.15) is 17.5 Å². The van der Waals surface area contributed by atoms with Crippen molar-refractivity contribution in [3.8, 4) is 11.8 Å². The Morgan fingerprint density at radius 3 is 2.48 bits per heavy atom. The van der Waals surface area contributed by atoms with Gasteiger partial charge in [-0.05, 0) is 30.3 Å². The number of alkyl halides is 1. The normalized spacial score (nSPS) is 10.8. The first-order chi connectivity index (χ1) is 10.1. The standard InChI is InChI=1S/C15H8ClF2N3/c16-7-15-20-13-2-1-9(8-19)3-14(13)21(15)12-5-10(17)4-11(18)6-12/h1-6H,7H2. The van der Waals surface area contributed by atoms with Crippen LogP contribution in [-0.4, -0.2) is 9.55 Å². The molecule has 1 aromatic heterocycles. The van der Waals surface area contributed by atoms with Crippen LogP contribution < -0.4 is 0 Å². The molecule has 2 aromatic carbocycles. The summed E-state index contributed by atoms with van der Waals surface area (Å²) in [5.41, 5.74) is 1.89. The largest absolute Gasteiger partial charge is 0.295 e. The van der Waals surface area contributed by atoms with Crippen LogP contribution in [0.3, 0.4) is 0 Å². The van der Waals surface area contributed by atoms with Gasteiger partial charge in [-0.3, -0.25) is 4.57 Å². The quantitative estimate of drug-likeness (QED) is 0.673. The molecule has 0 atom stereocenters. The van der Waals surface area contributed by atoms with Crippen molar-refractivity contribution in [3.05, 3.63) is 59.4 Å². The van der Waals surface area contributed by atoms with E-state index < -0.39 is 11.6 Å². The Morgan fingerprint density at radius 1 is 1.14 bits per heavy atom. The molecule has 0 aliphatic rings.